The van der Waals surface area contributed by atoms with E-state index in [0.29, 0.717) is 0 Å². The molecule has 0 aliphatic carbocycles. The molecule has 0 atom stereocenters. The topological polar surface area (TPSA) is 38.7 Å². The van der Waals surface area contributed by atoms with Crippen molar-refractivity contribution in [2.24, 2.45) is 0 Å². The molecule has 0 saturated heterocycles. The van der Waals surface area contributed by atoms with E-state index in [1.807, 2.05) is 13.8 Å². The summed E-state index contributed by atoms with van der Waals surface area (Å²) in [5.74, 6) is 0. The van der Waals surface area contributed by atoms with Gasteiger partial charge in [0.1, 0.15) is 0 Å². The minimum Gasteiger partial charge on any atom is -0.237 e. The van der Waals surface area contributed by atoms with E-state index in [1.54, 1.807) is 5.51 Å². The number of aromatic nitrogens is 3. The summed E-state index contributed by atoms with van der Waals surface area (Å²) in [6, 6.07) is 0. The Labute approximate surface area is 68.1 Å². The van der Waals surface area contributed by atoms with Crippen molar-refractivity contribution in [3.63, 3.8) is 0 Å². The zero-order valence-corrected chi connectivity index (χ0v) is 7.14. The number of hydrogen-bond donors (Lipinski definition) is 0. The van der Waals surface area contributed by atoms with Crippen molar-refractivity contribution in [3.05, 3.63) is 16.9 Å². The summed E-state index contributed by atoms with van der Waals surface area (Å²) in [7, 11) is 0. The zero-order chi connectivity index (χ0) is 7.84. The Hall–Kier alpha value is -1.03. The van der Waals surface area contributed by atoms with Crippen LogP contribution in [-0.2, 0) is 0 Å². The van der Waals surface area contributed by atoms with Crippen LogP contribution in [0.5, 0.6) is 0 Å². The molecule has 0 fully saturated rings. The molecule has 0 aliphatic heterocycles. The van der Waals surface area contributed by atoms with E-state index in [9.17, 15) is 0 Å². The van der Waals surface area contributed by atoms with E-state index in [2.05, 4.69) is 15.0 Å². The van der Waals surface area contributed by atoms with Crippen LogP contribution in [0.4, 0.5) is 0 Å². The van der Waals surface area contributed by atoms with Gasteiger partial charge < -0.3 is 0 Å². The summed E-state index contributed by atoms with van der Waals surface area (Å²) in [6.07, 6.45) is 0. The van der Waals surface area contributed by atoms with Gasteiger partial charge in [0.15, 0.2) is 10.5 Å². The first kappa shape index (κ1) is 6.67. The average Bonchev–Trinajstić information content (AvgIpc) is 2.36. The third kappa shape index (κ3) is 0.991. The Morgan fingerprint density at radius 3 is 2.73 bits per heavy atom. The Morgan fingerprint density at radius 2 is 1.91 bits per heavy atom. The van der Waals surface area contributed by atoms with Crippen LogP contribution in [0.1, 0.15) is 11.4 Å². The third-order valence-corrected chi connectivity index (χ3v) is 2.31. The highest BCUT2D eigenvalue weighted by molar-refractivity contribution is 7.16. The number of fused-ring (bicyclic) bond motifs is 1. The van der Waals surface area contributed by atoms with Crippen molar-refractivity contribution in [3.8, 4) is 0 Å². The molecule has 3 nitrogen and oxygen atoms in total. The summed E-state index contributed by atoms with van der Waals surface area (Å²) in [5.41, 5.74) is 4.48. The van der Waals surface area contributed by atoms with Crippen molar-refractivity contribution < 1.29 is 0 Å². The van der Waals surface area contributed by atoms with Gasteiger partial charge in [-0.25, -0.2) is 15.0 Å². The number of thiazole rings is 1. The Bertz CT molecular complexity index is 357. The molecule has 2 heterocycles. The van der Waals surface area contributed by atoms with Gasteiger partial charge in [-0.05, 0) is 13.8 Å². The fraction of sp³-hybridized carbons (Fsp3) is 0.286. The quantitative estimate of drug-likeness (QED) is 0.596. The van der Waals surface area contributed by atoms with E-state index in [0.717, 1.165) is 21.9 Å². The molecule has 0 bridgehead atoms. The Balaban J connectivity index is 2.86. The zero-order valence-electron chi connectivity index (χ0n) is 6.33. The maximum absolute atomic E-state index is 4.33. The minimum atomic E-state index is 0.762. The molecule has 0 aliphatic rings. The lowest BCUT2D eigenvalue weighted by atomic mass is 10.4. The lowest BCUT2D eigenvalue weighted by Crippen LogP contribution is -1.90. The summed E-state index contributed by atoms with van der Waals surface area (Å²) in [6.45, 7) is 3.91. The monoisotopic (exact) mass is 165 g/mol. The second-order valence-corrected chi connectivity index (χ2v) is 3.21. The first-order chi connectivity index (χ1) is 5.27. The van der Waals surface area contributed by atoms with E-state index in [-0.39, 0.29) is 0 Å². The van der Waals surface area contributed by atoms with Crippen molar-refractivity contribution in [1.82, 2.24) is 15.0 Å². The molecule has 0 radical (unpaired) electrons. The highest BCUT2D eigenvalue weighted by atomic mass is 32.1. The molecule has 2 rings (SSSR count). The van der Waals surface area contributed by atoms with E-state index < -0.39 is 0 Å². The van der Waals surface area contributed by atoms with Crippen LogP contribution in [0.3, 0.4) is 0 Å². The molecule has 2 aromatic rings. The second kappa shape index (κ2) is 2.23. The molecule has 11 heavy (non-hydrogen) atoms. The molecular weight excluding hydrogens is 158 g/mol. The molecule has 0 unspecified atom stereocenters. The van der Waals surface area contributed by atoms with Crippen molar-refractivity contribution >= 4 is 21.8 Å². The molecule has 0 amide bonds. The van der Waals surface area contributed by atoms with Gasteiger partial charge in [-0.15, -0.1) is 11.3 Å². The fourth-order valence-electron chi connectivity index (χ4n) is 0.860. The van der Waals surface area contributed by atoms with Gasteiger partial charge in [0.2, 0.25) is 0 Å². The predicted molar refractivity (Wildman–Crippen MR) is 44.7 cm³/mol. The molecule has 4 heteroatoms. The second-order valence-electron chi connectivity index (χ2n) is 2.38. The highest BCUT2D eigenvalue weighted by Crippen LogP contribution is 2.14. The highest BCUT2D eigenvalue weighted by Gasteiger charge is 2.01. The summed E-state index contributed by atoms with van der Waals surface area (Å²) < 4.78 is 0. The van der Waals surface area contributed by atoms with E-state index in [1.165, 1.54) is 11.3 Å². The van der Waals surface area contributed by atoms with Crippen LogP contribution >= 0.6 is 11.3 Å². The van der Waals surface area contributed by atoms with Crippen LogP contribution in [0, 0.1) is 13.8 Å². The van der Waals surface area contributed by atoms with Crippen LogP contribution in [0.25, 0.3) is 10.5 Å². The molecule has 0 aromatic carbocycles. The average molecular weight is 165 g/mol. The lowest BCUT2D eigenvalue weighted by molar-refractivity contribution is 1.09. The maximum Gasteiger partial charge on any atom is 0.189 e. The SMILES string of the molecule is Cc1nc2ncsc2nc1C. The minimum absolute atomic E-state index is 0.762. The van der Waals surface area contributed by atoms with Gasteiger partial charge in [-0.2, -0.15) is 0 Å². The third-order valence-electron chi connectivity index (χ3n) is 1.60. The summed E-state index contributed by atoms with van der Waals surface area (Å²) in [4.78, 5) is 13.6. The molecular formula is C7H7N3S. The van der Waals surface area contributed by atoms with Crippen LogP contribution in [-0.4, -0.2) is 15.0 Å². The van der Waals surface area contributed by atoms with Gasteiger partial charge in [0, 0.05) is 0 Å². The smallest absolute Gasteiger partial charge is 0.189 e. The molecule has 0 spiro atoms. The lowest BCUT2D eigenvalue weighted by Gasteiger charge is -1.94. The molecule has 56 valence electrons. The van der Waals surface area contributed by atoms with Gasteiger partial charge in [0.25, 0.3) is 0 Å². The van der Waals surface area contributed by atoms with Gasteiger partial charge in [-0.1, -0.05) is 0 Å². The standard InChI is InChI=1S/C7H7N3S/c1-4-5(2)10-7-6(9-4)8-3-11-7/h3H,1-2H3. The predicted octanol–water partition coefficient (Wildman–Crippen LogP) is 1.70. The van der Waals surface area contributed by atoms with Gasteiger partial charge >= 0.3 is 0 Å². The largest absolute Gasteiger partial charge is 0.237 e. The summed E-state index contributed by atoms with van der Waals surface area (Å²) >= 11 is 1.53. The Morgan fingerprint density at radius 1 is 1.18 bits per heavy atom. The van der Waals surface area contributed by atoms with Crippen LogP contribution in [0.15, 0.2) is 5.51 Å². The van der Waals surface area contributed by atoms with Crippen molar-refractivity contribution in [1.29, 1.82) is 0 Å². The van der Waals surface area contributed by atoms with Gasteiger partial charge in [-0.3, -0.25) is 0 Å². The van der Waals surface area contributed by atoms with Crippen LogP contribution < -0.4 is 0 Å². The van der Waals surface area contributed by atoms with E-state index in [4.69, 9.17) is 0 Å². The number of aryl methyl sites for hydroxylation is 2. The maximum atomic E-state index is 4.33. The van der Waals surface area contributed by atoms with E-state index >= 15 is 0 Å². The van der Waals surface area contributed by atoms with Gasteiger partial charge in [0.05, 0.1) is 16.9 Å². The fourth-order valence-corrected chi connectivity index (χ4v) is 1.51. The van der Waals surface area contributed by atoms with Crippen molar-refractivity contribution in [2.75, 3.05) is 0 Å². The first-order valence-corrected chi connectivity index (χ1v) is 4.20. The normalized spacial score (nSPS) is 10.7. The number of hydrogen-bond acceptors (Lipinski definition) is 4. The first-order valence-electron chi connectivity index (χ1n) is 3.32. The number of nitrogens with zero attached hydrogens (tertiary/aromatic N) is 3. The molecule has 0 N–H and O–H groups in total. The van der Waals surface area contributed by atoms with Crippen LogP contribution in [0.2, 0.25) is 0 Å². The van der Waals surface area contributed by atoms with Crippen molar-refractivity contribution in [2.45, 2.75) is 13.8 Å². The number of rotatable bonds is 0. The molecule has 0 saturated carbocycles. The molecule has 2 aromatic heterocycles. The Kier molecular flexibility index (Phi) is 1.35. The summed E-state index contributed by atoms with van der Waals surface area (Å²) in [5, 5.41) is 0.